The minimum absolute atomic E-state index is 0.0765. The molecule has 0 atom stereocenters. The van der Waals surface area contributed by atoms with Crippen LogP contribution >= 0.6 is 0 Å². The third-order valence-corrected chi connectivity index (χ3v) is 3.28. The van der Waals surface area contributed by atoms with Gasteiger partial charge in [0.05, 0.1) is 5.52 Å². The molecule has 110 valence electrons. The Kier molecular flexibility index (Phi) is 3.78. The lowest BCUT2D eigenvalue weighted by Gasteiger charge is -2.06. The number of benzene rings is 2. The number of carbonyl (C=O) groups is 1. The molecule has 0 aliphatic carbocycles. The second-order valence-electron chi connectivity index (χ2n) is 4.85. The summed E-state index contributed by atoms with van der Waals surface area (Å²) in [7, 11) is 0. The highest BCUT2D eigenvalue weighted by atomic mass is 19.2. The number of nitrogens with one attached hydrogen (secondary N) is 1. The van der Waals surface area contributed by atoms with Crippen molar-refractivity contribution in [3.05, 3.63) is 77.5 Å². The van der Waals surface area contributed by atoms with Crippen LogP contribution in [0, 0.1) is 11.6 Å². The number of para-hydroxylation sites is 1. The van der Waals surface area contributed by atoms with Gasteiger partial charge in [0.1, 0.15) is 0 Å². The lowest BCUT2D eigenvalue weighted by atomic mass is 10.1. The zero-order valence-corrected chi connectivity index (χ0v) is 11.5. The van der Waals surface area contributed by atoms with Crippen LogP contribution in [0.1, 0.15) is 15.9 Å². The fraction of sp³-hybridized carbons (Fsp3) is 0.0588. The lowest BCUT2D eigenvalue weighted by molar-refractivity contribution is 0.0950. The monoisotopic (exact) mass is 298 g/mol. The van der Waals surface area contributed by atoms with Gasteiger partial charge in [0.25, 0.3) is 5.91 Å². The van der Waals surface area contributed by atoms with E-state index in [2.05, 4.69) is 10.3 Å². The molecule has 3 aromatic rings. The molecule has 0 bridgehead atoms. The molecule has 5 heteroatoms. The standard InChI is InChI=1S/C17H12F2N2O/c18-14-6-5-13(8-15(14)19)17(22)21-10-11-7-12-3-1-2-4-16(12)20-9-11/h1-9H,10H2,(H,21,22). The van der Waals surface area contributed by atoms with Crippen molar-refractivity contribution in [1.82, 2.24) is 10.3 Å². The van der Waals surface area contributed by atoms with Gasteiger partial charge in [-0.05, 0) is 35.9 Å². The Balaban J connectivity index is 1.72. The fourth-order valence-electron chi connectivity index (χ4n) is 2.14. The van der Waals surface area contributed by atoms with Crippen LogP contribution in [0.15, 0.2) is 54.7 Å². The quantitative estimate of drug-likeness (QED) is 0.805. The maximum Gasteiger partial charge on any atom is 0.251 e. The van der Waals surface area contributed by atoms with E-state index in [1.807, 2.05) is 30.3 Å². The Bertz CT molecular complexity index is 849. The first-order valence-electron chi connectivity index (χ1n) is 6.70. The van der Waals surface area contributed by atoms with Crippen LogP contribution in [-0.4, -0.2) is 10.9 Å². The normalized spacial score (nSPS) is 10.6. The molecule has 0 fully saturated rings. The van der Waals surface area contributed by atoms with Gasteiger partial charge >= 0.3 is 0 Å². The first-order chi connectivity index (χ1) is 10.6. The Morgan fingerprint density at radius 1 is 1.05 bits per heavy atom. The molecule has 3 rings (SSSR count). The Labute approximate surface area is 125 Å². The van der Waals surface area contributed by atoms with Gasteiger partial charge in [0.15, 0.2) is 11.6 Å². The van der Waals surface area contributed by atoms with Crippen LogP contribution < -0.4 is 5.32 Å². The van der Waals surface area contributed by atoms with Crippen molar-refractivity contribution in [2.45, 2.75) is 6.54 Å². The highest BCUT2D eigenvalue weighted by molar-refractivity contribution is 5.94. The molecule has 0 aliphatic heterocycles. The second-order valence-corrected chi connectivity index (χ2v) is 4.85. The lowest BCUT2D eigenvalue weighted by Crippen LogP contribution is -2.23. The third kappa shape index (κ3) is 2.93. The van der Waals surface area contributed by atoms with Crippen LogP contribution in [-0.2, 0) is 6.54 Å². The van der Waals surface area contributed by atoms with E-state index in [4.69, 9.17) is 0 Å². The largest absolute Gasteiger partial charge is 0.348 e. The summed E-state index contributed by atoms with van der Waals surface area (Å²) in [6.07, 6.45) is 1.67. The molecule has 1 amide bonds. The zero-order valence-electron chi connectivity index (χ0n) is 11.5. The highest BCUT2D eigenvalue weighted by Gasteiger charge is 2.09. The van der Waals surface area contributed by atoms with Crippen LogP contribution in [0.2, 0.25) is 0 Å². The molecule has 2 aromatic carbocycles. The summed E-state index contributed by atoms with van der Waals surface area (Å²) in [6, 6.07) is 12.6. The second kappa shape index (κ2) is 5.89. The number of halogens is 2. The predicted molar refractivity (Wildman–Crippen MR) is 79.3 cm³/mol. The van der Waals surface area contributed by atoms with Crippen LogP contribution in [0.25, 0.3) is 10.9 Å². The number of fused-ring (bicyclic) bond motifs is 1. The molecule has 0 unspecified atom stereocenters. The van der Waals surface area contributed by atoms with E-state index in [0.717, 1.165) is 28.6 Å². The van der Waals surface area contributed by atoms with Crippen LogP contribution in [0.3, 0.4) is 0 Å². The molecular formula is C17H12F2N2O. The number of pyridine rings is 1. The summed E-state index contributed by atoms with van der Waals surface area (Å²) in [5.41, 5.74) is 1.78. The highest BCUT2D eigenvalue weighted by Crippen LogP contribution is 2.13. The van der Waals surface area contributed by atoms with Gasteiger partial charge in [-0.1, -0.05) is 18.2 Å². The maximum absolute atomic E-state index is 13.1. The summed E-state index contributed by atoms with van der Waals surface area (Å²) in [4.78, 5) is 16.2. The summed E-state index contributed by atoms with van der Waals surface area (Å²) in [6.45, 7) is 0.260. The first kappa shape index (κ1) is 14.1. The van der Waals surface area contributed by atoms with Crippen molar-refractivity contribution in [2.75, 3.05) is 0 Å². The SMILES string of the molecule is O=C(NCc1cnc2ccccc2c1)c1ccc(F)c(F)c1. The van der Waals surface area contributed by atoms with E-state index >= 15 is 0 Å². The van der Waals surface area contributed by atoms with Crippen molar-refractivity contribution in [3.8, 4) is 0 Å². The maximum atomic E-state index is 13.1. The van der Waals surface area contributed by atoms with E-state index in [-0.39, 0.29) is 12.1 Å². The molecule has 0 aliphatic rings. The van der Waals surface area contributed by atoms with Crippen LogP contribution in [0.5, 0.6) is 0 Å². The average molecular weight is 298 g/mol. The van der Waals surface area contributed by atoms with Crippen molar-refractivity contribution >= 4 is 16.8 Å². The molecule has 3 nitrogen and oxygen atoms in total. The van der Waals surface area contributed by atoms with Crippen molar-refractivity contribution < 1.29 is 13.6 Å². The summed E-state index contributed by atoms with van der Waals surface area (Å²) >= 11 is 0. The predicted octanol–water partition coefficient (Wildman–Crippen LogP) is 3.44. The molecule has 1 N–H and O–H groups in total. The van der Waals surface area contributed by atoms with Crippen molar-refractivity contribution in [1.29, 1.82) is 0 Å². The number of hydrogen-bond acceptors (Lipinski definition) is 2. The number of nitrogens with zero attached hydrogens (tertiary/aromatic N) is 1. The molecule has 0 spiro atoms. The van der Waals surface area contributed by atoms with Crippen molar-refractivity contribution in [2.24, 2.45) is 0 Å². The number of amides is 1. The number of aromatic nitrogens is 1. The third-order valence-electron chi connectivity index (χ3n) is 3.28. The van der Waals surface area contributed by atoms with Gasteiger partial charge in [0, 0.05) is 23.7 Å². The Morgan fingerprint density at radius 2 is 1.86 bits per heavy atom. The number of rotatable bonds is 3. The number of carbonyl (C=O) groups excluding carboxylic acids is 1. The van der Waals surface area contributed by atoms with Crippen molar-refractivity contribution in [3.63, 3.8) is 0 Å². The Morgan fingerprint density at radius 3 is 2.68 bits per heavy atom. The summed E-state index contributed by atoms with van der Waals surface area (Å²) in [5, 5.41) is 3.63. The smallest absolute Gasteiger partial charge is 0.251 e. The molecule has 0 saturated carbocycles. The Hall–Kier alpha value is -2.82. The average Bonchev–Trinajstić information content (AvgIpc) is 2.55. The fourth-order valence-corrected chi connectivity index (χ4v) is 2.14. The van der Waals surface area contributed by atoms with E-state index in [9.17, 15) is 13.6 Å². The molecule has 1 heterocycles. The van der Waals surface area contributed by atoms with E-state index < -0.39 is 17.5 Å². The molecule has 22 heavy (non-hydrogen) atoms. The van der Waals surface area contributed by atoms with Gasteiger partial charge in [-0.15, -0.1) is 0 Å². The van der Waals surface area contributed by atoms with Crippen LogP contribution in [0.4, 0.5) is 8.78 Å². The molecule has 1 aromatic heterocycles. The number of hydrogen-bond donors (Lipinski definition) is 1. The zero-order chi connectivity index (χ0) is 15.5. The van der Waals surface area contributed by atoms with Gasteiger partial charge in [-0.2, -0.15) is 0 Å². The van der Waals surface area contributed by atoms with E-state index in [0.29, 0.717) is 0 Å². The van der Waals surface area contributed by atoms with Gasteiger partial charge in [-0.3, -0.25) is 9.78 Å². The molecular weight excluding hydrogens is 286 g/mol. The van der Waals surface area contributed by atoms with Gasteiger partial charge in [0.2, 0.25) is 0 Å². The van der Waals surface area contributed by atoms with E-state index in [1.54, 1.807) is 6.20 Å². The van der Waals surface area contributed by atoms with Gasteiger partial charge < -0.3 is 5.32 Å². The molecule has 0 radical (unpaired) electrons. The summed E-state index contributed by atoms with van der Waals surface area (Å²) < 4.78 is 26.0. The topological polar surface area (TPSA) is 42.0 Å². The molecule has 0 saturated heterocycles. The first-order valence-corrected chi connectivity index (χ1v) is 6.70. The van der Waals surface area contributed by atoms with E-state index in [1.165, 1.54) is 6.07 Å². The minimum atomic E-state index is -1.04. The minimum Gasteiger partial charge on any atom is -0.348 e. The van der Waals surface area contributed by atoms with Gasteiger partial charge in [-0.25, -0.2) is 8.78 Å². The summed E-state index contributed by atoms with van der Waals surface area (Å²) in [5.74, 6) is -2.48.